The molecule has 0 amide bonds. The second-order valence-corrected chi connectivity index (χ2v) is 5.03. The van der Waals surface area contributed by atoms with Crippen LogP contribution in [0.25, 0.3) is 0 Å². The third-order valence-electron chi connectivity index (χ3n) is 2.89. The molecule has 1 aromatic rings. The third-order valence-corrected chi connectivity index (χ3v) is 2.89. The molecule has 0 spiro atoms. The maximum Gasteiger partial charge on any atom is 0.573 e. The van der Waals surface area contributed by atoms with Gasteiger partial charge in [-0.25, -0.2) is 0 Å². The van der Waals surface area contributed by atoms with Gasteiger partial charge in [-0.1, -0.05) is 19.9 Å². The highest BCUT2D eigenvalue weighted by Gasteiger charge is 2.31. The van der Waals surface area contributed by atoms with E-state index in [-0.39, 0.29) is 24.2 Å². The van der Waals surface area contributed by atoms with Gasteiger partial charge >= 0.3 is 6.36 Å². The lowest BCUT2D eigenvalue weighted by Crippen LogP contribution is -2.17. The van der Waals surface area contributed by atoms with Gasteiger partial charge in [0.2, 0.25) is 0 Å². The molecule has 0 aromatic heterocycles. The van der Waals surface area contributed by atoms with E-state index in [1.807, 2.05) is 0 Å². The minimum Gasteiger partial charge on any atom is -0.496 e. The van der Waals surface area contributed by atoms with Crippen molar-refractivity contribution in [2.24, 2.45) is 11.7 Å². The van der Waals surface area contributed by atoms with Gasteiger partial charge in [-0.15, -0.1) is 25.6 Å². The van der Waals surface area contributed by atoms with Crippen LogP contribution in [0.1, 0.15) is 38.3 Å². The Morgan fingerprint density at radius 2 is 1.81 bits per heavy atom. The van der Waals surface area contributed by atoms with Gasteiger partial charge in [0, 0.05) is 17.7 Å². The van der Waals surface area contributed by atoms with Crippen LogP contribution in [0.3, 0.4) is 0 Å². The molecule has 0 saturated heterocycles. The number of benzene rings is 1. The fraction of sp³-hybridized carbons (Fsp3) is 0.571. The average molecular weight is 328 g/mol. The lowest BCUT2D eigenvalue weighted by Gasteiger charge is -2.18. The van der Waals surface area contributed by atoms with Crippen LogP contribution in [-0.4, -0.2) is 13.5 Å². The molecule has 3 nitrogen and oxygen atoms in total. The van der Waals surface area contributed by atoms with E-state index in [4.69, 9.17) is 10.5 Å². The van der Waals surface area contributed by atoms with Crippen molar-refractivity contribution in [3.63, 3.8) is 0 Å². The van der Waals surface area contributed by atoms with Crippen molar-refractivity contribution in [3.8, 4) is 11.5 Å². The SMILES string of the molecule is COc1cc(OC(F)(F)F)ccc1[C@H](N)CCC(C)C.Cl. The summed E-state index contributed by atoms with van der Waals surface area (Å²) in [5.41, 5.74) is 6.74. The Kier molecular flexibility index (Phi) is 7.89. The number of hydrogen-bond acceptors (Lipinski definition) is 3. The number of hydrogen-bond donors (Lipinski definition) is 1. The summed E-state index contributed by atoms with van der Waals surface area (Å²) >= 11 is 0. The van der Waals surface area contributed by atoms with Gasteiger partial charge in [-0.2, -0.15) is 0 Å². The van der Waals surface area contributed by atoms with Gasteiger partial charge < -0.3 is 15.2 Å². The van der Waals surface area contributed by atoms with Crippen LogP contribution in [-0.2, 0) is 0 Å². The summed E-state index contributed by atoms with van der Waals surface area (Å²) in [6.45, 7) is 4.18. The number of methoxy groups -OCH3 is 1. The molecule has 0 aliphatic heterocycles. The quantitative estimate of drug-likeness (QED) is 0.839. The molecular formula is C14H21ClF3NO2. The molecule has 122 valence electrons. The lowest BCUT2D eigenvalue weighted by atomic mass is 9.97. The second-order valence-electron chi connectivity index (χ2n) is 5.03. The fourth-order valence-corrected chi connectivity index (χ4v) is 1.86. The van der Waals surface area contributed by atoms with Crippen LogP contribution in [0.4, 0.5) is 13.2 Å². The van der Waals surface area contributed by atoms with E-state index in [9.17, 15) is 13.2 Å². The van der Waals surface area contributed by atoms with Crippen LogP contribution in [0.15, 0.2) is 18.2 Å². The molecule has 0 saturated carbocycles. The molecule has 0 fully saturated rings. The second kappa shape index (κ2) is 8.34. The highest BCUT2D eigenvalue weighted by Crippen LogP contribution is 2.33. The molecule has 0 aliphatic rings. The Balaban J connectivity index is 0.00000400. The fourth-order valence-electron chi connectivity index (χ4n) is 1.86. The molecule has 0 radical (unpaired) electrons. The average Bonchev–Trinajstić information content (AvgIpc) is 2.33. The van der Waals surface area contributed by atoms with Crippen LogP contribution in [0, 0.1) is 5.92 Å². The normalized spacial score (nSPS) is 12.8. The molecule has 2 N–H and O–H groups in total. The van der Waals surface area contributed by atoms with Gasteiger partial charge in [0.25, 0.3) is 0 Å². The largest absolute Gasteiger partial charge is 0.573 e. The van der Waals surface area contributed by atoms with Crippen molar-refractivity contribution >= 4 is 12.4 Å². The zero-order valence-electron chi connectivity index (χ0n) is 12.2. The predicted octanol–water partition coefficient (Wildman–Crippen LogP) is 4.45. The first kappa shape index (κ1) is 19.9. The maximum atomic E-state index is 12.2. The summed E-state index contributed by atoms with van der Waals surface area (Å²) in [4.78, 5) is 0. The first-order chi connectivity index (χ1) is 9.23. The summed E-state index contributed by atoms with van der Waals surface area (Å²) in [5, 5.41) is 0. The van der Waals surface area contributed by atoms with Gasteiger partial charge in [0.05, 0.1) is 7.11 Å². The van der Waals surface area contributed by atoms with E-state index in [1.165, 1.54) is 25.3 Å². The highest BCUT2D eigenvalue weighted by atomic mass is 35.5. The predicted molar refractivity (Wildman–Crippen MR) is 77.9 cm³/mol. The van der Waals surface area contributed by atoms with Crippen LogP contribution in [0.2, 0.25) is 0 Å². The van der Waals surface area contributed by atoms with Crippen molar-refractivity contribution in [3.05, 3.63) is 23.8 Å². The molecule has 21 heavy (non-hydrogen) atoms. The van der Waals surface area contributed by atoms with Crippen molar-refractivity contribution < 1.29 is 22.6 Å². The van der Waals surface area contributed by atoms with Gasteiger partial charge in [0.1, 0.15) is 11.5 Å². The summed E-state index contributed by atoms with van der Waals surface area (Å²) in [6, 6.07) is 3.70. The van der Waals surface area contributed by atoms with Crippen molar-refractivity contribution in [2.75, 3.05) is 7.11 Å². The number of rotatable bonds is 6. The van der Waals surface area contributed by atoms with Gasteiger partial charge in [-0.3, -0.25) is 0 Å². The Bertz CT molecular complexity index is 439. The van der Waals surface area contributed by atoms with Gasteiger partial charge in [-0.05, 0) is 24.8 Å². The number of alkyl halides is 3. The number of ether oxygens (including phenoxy) is 2. The van der Waals surface area contributed by atoms with E-state index >= 15 is 0 Å². The van der Waals surface area contributed by atoms with E-state index < -0.39 is 6.36 Å². The van der Waals surface area contributed by atoms with Crippen molar-refractivity contribution in [2.45, 2.75) is 39.1 Å². The summed E-state index contributed by atoms with van der Waals surface area (Å²) in [6.07, 6.45) is -3.04. The van der Waals surface area contributed by atoms with E-state index in [0.717, 1.165) is 12.8 Å². The smallest absolute Gasteiger partial charge is 0.496 e. The molecular weight excluding hydrogens is 307 g/mol. The monoisotopic (exact) mass is 327 g/mol. The molecule has 0 heterocycles. The number of nitrogens with two attached hydrogens (primary N) is 1. The summed E-state index contributed by atoms with van der Waals surface area (Å²) in [5.74, 6) is 0.511. The third kappa shape index (κ3) is 6.91. The Labute approximate surface area is 129 Å². The van der Waals surface area contributed by atoms with E-state index in [0.29, 0.717) is 17.2 Å². The van der Waals surface area contributed by atoms with Crippen LogP contribution >= 0.6 is 12.4 Å². The van der Waals surface area contributed by atoms with Crippen molar-refractivity contribution in [1.29, 1.82) is 0 Å². The zero-order chi connectivity index (χ0) is 15.3. The van der Waals surface area contributed by atoms with Crippen LogP contribution < -0.4 is 15.2 Å². The number of halogens is 4. The Morgan fingerprint density at radius 1 is 1.19 bits per heavy atom. The lowest BCUT2D eigenvalue weighted by molar-refractivity contribution is -0.274. The van der Waals surface area contributed by atoms with E-state index in [2.05, 4.69) is 18.6 Å². The molecule has 1 aromatic carbocycles. The Hall–Kier alpha value is -1.14. The zero-order valence-corrected chi connectivity index (χ0v) is 13.1. The first-order valence-electron chi connectivity index (χ1n) is 6.42. The summed E-state index contributed by atoms with van der Waals surface area (Å²) in [7, 11) is 1.39. The van der Waals surface area contributed by atoms with Crippen molar-refractivity contribution in [1.82, 2.24) is 0 Å². The molecule has 0 bridgehead atoms. The molecule has 7 heteroatoms. The molecule has 0 aliphatic carbocycles. The summed E-state index contributed by atoms with van der Waals surface area (Å²) < 4.78 is 45.4. The molecule has 1 rings (SSSR count). The minimum atomic E-state index is -4.72. The first-order valence-corrected chi connectivity index (χ1v) is 6.42. The van der Waals surface area contributed by atoms with Crippen LogP contribution in [0.5, 0.6) is 11.5 Å². The maximum absolute atomic E-state index is 12.2. The Morgan fingerprint density at radius 3 is 2.29 bits per heavy atom. The molecule has 1 atom stereocenters. The standard InChI is InChI=1S/C14H20F3NO2.ClH/c1-9(2)4-7-12(18)11-6-5-10(8-13(11)19-3)20-14(15,16)17;/h5-6,8-9,12H,4,7,18H2,1-3H3;1H/t12-;/m1./s1. The minimum absolute atomic E-state index is 0. The molecule has 0 unspecified atom stereocenters. The van der Waals surface area contributed by atoms with Gasteiger partial charge in [0.15, 0.2) is 0 Å². The highest BCUT2D eigenvalue weighted by molar-refractivity contribution is 5.85. The topological polar surface area (TPSA) is 44.5 Å². The van der Waals surface area contributed by atoms with E-state index in [1.54, 1.807) is 0 Å².